The number of hydrogen-bond donors (Lipinski definition) is 1. The highest BCUT2D eigenvalue weighted by atomic mass is 16.6. The van der Waals surface area contributed by atoms with Crippen LogP contribution in [0.15, 0.2) is 36.4 Å². The Balaban J connectivity index is 1.79. The van der Waals surface area contributed by atoms with Gasteiger partial charge in [0.25, 0.3) is 5.91 Å². The summed E-state index contributed by atoms with van der Waals surface area (Å²) in [6, 6.07) is 11.4. The average molecular weight is 369 g/mol. The van der Waals surface area contributed by atoms with Gasteiger partial charge in [0.2, 0.25) is 0 Å². The summed E-state index contributed by atoms with van der Waals surface area (Å²) in [4.78, 5) is 23.8. The summed E-state index contributed by atoms with van der Waals surface area (Å²) in [5.74, 6) is 0.0667. The fourth-order valence-electron chi connectivity index (χ4n) is 2.86. The van der Waals surface area contributed by atoms with Gasteiger partial charge in [-0.1, -0.05) is 37.6 Å². The van der Waals surface area contributed by atoms with E-state index in [4.69, 9.17) is 9.47 Å². The first kappa shape index (κ1) is 20.5. The van der Waals surface area contributed by atoms with Gasteiger partial charge in [-0.2, -0.15) is 0 Å². The van der Waals surface area contributed by atoms with Crippen LogP contribution in [0.3, 0.4) is 0 Å². The van der Waals surface area contributed by atoms with E-state index in [1.807, 2.05) is 57.2 Å². The molecule has 0 fully saturated rings. The lowest BCUT2D eigenvalue weighted by Crippen LogP contribution is -2.24. The number of amides is 1. The maximum Gasteiger partial charge on any atom is 0.344 e. The van der Waals surface area contributed by atoms with Crippen LogP contribution in [0.1, 0.15) is 42.0 Å². The third-order valence-electron chi connectivity index (χ3n) is 4.24. The number of rotatable bonds is 7. The summed E-state index contributed by atoms with van der Waals surface area (Å²) in [5, 5.41) is 2.73. The van der Waals surface area contributed by atoms with Crippen LogP contribution < -0.4 is 10.1 Å². The van der Waals surface area contributed by atoms with Gasteiger partial charge in [0.15, 0.2) is 13.2 Å². The number of ether oxygens (including phenoxy) is 2. The average Bonchev–Trinajstić information content (AvgIpc) is 2.60. The van der Waals surface area contributed by atoms with Crippen LogP contribution in [0.5, 0.6) is 5.75 Å². The second-order valence-electron chi connectivity index (χ2n) is 6.99. The third-order valence-corrected chi connectivity index (χ3v) is 4.24. The van der Waals surface area contributed by atoms with Crippen LogP contribution in [-0.4, -0.2) is 25.1 Å². The summed E-state index contributed by atoms with van der Waals surface area (Å²) < 4.78 is 10.4. The van der Waals surface area contributed by atoms with Crippen LogP contribution in [0.4, 0.5) is 5.69 Å². The Morgan fingerprint density at radius 2 is 1.70 bits per heavy atom. The lowest BCUT2D eigenvalue weighted by atomic mass is 9.98. The van der Waals surface area contributed by atoms with Crippen LogP contribution in [0.25, 0.3) is 0 Å². The fraction of sp³-hybridized carbons (Fsp3) is 0.364. The first-order valence-corrected chi connectivity index (χ1v) is 9.02. The van der Waals surface area contributed by atoms with Gasteiger partial charge in [-0.25, -0.2) is 4.79 Å². The van der Waals surface area contributed by atoms with Crippen LogP contribution in [0, 0.1) is 20.8 Å². The number of aryl methyl sites for hydroxylation is 3. The highest BCUT2D eigenvalue weighted by Crippen LogP contribution is 2.23. The molecule has 0 radical (unpaired) electrons. The minimum atomic E-state index is -0.587. The Morgan fingerprint density at radius 1 is 0.963 bits per heavy atom. The Morgan fingerprint density at radius 3 is 2.33 bits per heavy atom. The fourth-order valence-corrected chi connectivity index (χ4v) is 2.86. The minimum Gasteiger partial charge on any atom is -0.482 e. The van der Waals surface area contributed by atoms with E-state index in [1.165, 1.54) is 5.56 Å². The van der Waals surface area contributed by atoms with E-state index in [0.29, 0.717) is 17.4 Å². The Labute approximate surface area is 160 Å². The van der Waals surface area contributed by atoms with Crippen molar-refractivity contribution >= 4 is 17.6 Å². The second kappa shape index (κ2) is 9.21. The number of benzene rings is 2. The lowest BCUT2D eigenvalue weighted by Gasteiger charge is -2.12. The monoisotopic (exact) mass is 369 g/mol. The van der Waals surface area contributed by atoms with Gasteiger partial charge in [0.05, 0.1) is 0 Å². The van der Waals surface area contributed by atoms with Gasteiger partial charge < -0.3 is 14.8 Å². The summed E-state index contributed by atoms with van der Waals surface area (Å²) in [6.07, 6.45) is 0. The van der Waals surface area contributed by atoms with Gasteiger partial charge in [-0.3, -0.25) is 4.79 Å². The second-order valence-corrected chi connectivity index (χ2v) is 6.99. The van der Waals surface area contributed by atoms with Crippen molar-refractivity contribution in [2.45, 2.75) is 40.5 Å². The molecule has 144 valence electrons. The summed E-state index contributed by atoms with van der Waals surface area (Å²) >= 11 is 0. The molecule has 27 heavy (non-hydrogen) atoms. The van der Waals surface area contributed by atoms with Crippen molar-refractivity contribution in [1.82, 2.24) is 0 Å². The Kier molecular flexibility index (Phi) is 6.99. The molecule has 0 aromatic heterocycles. The van der Waals surface area contributed by atoms with Crippen LogP contribution in [0.2, 0.25) is 0 Å². The van der Waals surface area contributed by atoms with E-state index < -0.39 is 5.97 Å². The topological polar surface area (TPSA) is 64.6 Å². The number of anilines is 1. The molecule has 1 N–H and O–H groups in total. The summed E-state index contributed by atoms with van der Waals surface area (Å²) in [5.41, 5.74) is 5.14. The van der Waals surface area contributed by atoms with Crippen molar-refractivity contribution in [2.75, 3.05) is 18.5 Å². The first-order valence-electron chi connectivity index (χ1n) is 9.02. The molecule has 0 saturated heterocycles. The zero-order valence-corrected chi connectivity index (χ0v) is 16.6. The lowest BCUT2D eigenvalue weighted by molar-refractivity contribution is -0.149. The van der Waals surface area contributed by atoms with E-state index in [9.17, 15) is 9.59 Å². The number of esters is 1. The SMILES string of the molecule is Cc1ccc(NC(=O)COC(=O)COc2ccc(C(C)C)c(C)c2)c(C)c1. The van der Waals surface area contributed by atoms with E-state index in [2.05, 4.69) is 19.2 Å². The maximum atomic E-state index is 11.9. The molecule has 0 unspecified atom stereocenters. The van der Waals surface area contributed by atoms with E-state index in [0.717, 1.165) is 16.7 Å². The standard InChI is InChI=1S/C22H27NO4/c1-14(2)19-8-7-18(11-16(19)4)26-13-22(25)27-12-21(24)23-20-9-6-15(3)10-17(20)5/h6-11,14H,12-13H2,1-5H3,(H,23,24). The van der Waals surface area contributed by atoms with Crippen molar-refractivity contribution in [2.24, 2.45) is 0 Å². The molecular formula is C22H27NO4. The van der Waals surface area contributed by atoms with Crippen molar-refractivity contribution < 1.29 is 19.1 Å². The van der Waals surface area contributed by atoms with Crippen molar-refractivity contribution in [1.29, 1.82) is 0 Å². The van der Waals surface area contributed by atoms with Gasteiger partial charge >= 0.3 is 5.97 Å². The van der Waals surface area contributed by atoms with E-state index in [1.54, 1.807) is 0 Å². The molecule has 2 rings (SSSR count). The number of carbonyl (C=O) groups excluding carboxylic acids is 2. The largest absolute Gasteiger partial charge is 0.482 e. The predicted octanol–water partition coefficient (Wildman–Crippen LogP) is 4.30. The highest BCUT2D eigenvalue weighted by molar-refractivity contribution is 5.93. The molecule has 0 bridgehead atoms. The molecule has 1 amide bonds. The molecule has 0 spiro atoms. The zero-order chi connectivity index (χ0) is 20.0. The van der Waals surface area contributed by atoms with Crippen LogP contribution >= 0.6 is 0 Å². The molecule has 0 aliphatic heterocycles. The summed E-state index contributed by atoms with van der Waals surface area (Å²) in [6.45, 7) is 9.58. The molecule has 2 aromatic carbocycles. The number of hydrogen-bond acceptors (Lipinski definition) is 4. The van der Waals surface area contributed by atoms with E-state index >= 15 is 0 Å². The summed E-state index contributed by atoms with van der Waals surface area (Å²) in [7, 11) is 0. The maximum absolute atomic E-state index is 11.9. The Hall–Kier alpha value is -2.82. The molecule has 0 aliphatic rings. The van der Waals surface area contributed by atoms with Crippen molar-refractivity contribution in [3.63, 3.8) is 0 Å². The molecule has 0 heterocycles. The van der Waals surface area contributed by atoms with Crippen molar-refractivity contribution in [3.8, 4) is 5.75 Å². The number of nitrogens with one attached hydrogen (secondary N) is 1. The molecule has 5 heteroatoms. The van der Waals surface area contributed by atoms with Gasteiger partial charge in [0, 0.05) is 5.69 Å². The predicted molar refractivity (Wildman–Crippen MR) is 106 cm³/mol. The van der Waals surface area contributed by atoms with Crippen LogP contribution in [-0.2, 0) is 14.3 Å². The van der Waals surface area contributed by atoms with Gasteiger partial charge in [-0.05, 0) is 61.6 Å². The molecular weight excluding hydrogens is 342 g/mol. The minimum absolute atomic E-state index is 0.239. The first-order chi connectivity index (χ1) is 12.8. The van der Waals surface area contributed by atoms with Crippen molar-refractivity contribution in [3.05, 3.63) is 58.7 Å². The van der Waals surface area contributed by atoms with Gasteiger partial charge in [0.1, 0.15) is 5.75 Å². The molecule has 5 nitrogen and oxygen atoms in total. The molecule has 2 aromatic rings. The molecule has 0 atom stereocenters. The quantitative estimate of drug-likeness (QED) is 0.739. The molecule has 0 saturated carbocycles. The number of carbonyl (C=O) groups is 2. The van der Waals surface area contributed by atoms with Gasteiger partial charge in [-0.15, -0.1) is 0 Å². The Bertz CT molecular complexity index is 827. The normalized spacial score (nSPS) is 10.6. The molecule has 0 aliphatic carbocycles. The third kappa shape index (κ3) is 6.13. The highest BCUT2D eigenvalue weighted by Gasteiger charge is 2.11. The zero-order valence-electron chi connectivity index (χ0n) is 16.6. The smallest absolute Gasteiger partial charge is 0.344 e. The van der Waals surface area contributed by atoms with E-state index in [-0.39, 0.29) is 19.1 Å².